The number of rotatable bonds is 3. The number of nitrogens with zero attached hydrogens (tertiary/aromatic N) is 6. The first-order chi connectivity index (χ1) is 10.8. The van der Waals surface area contributed by atoms with Crippen LogP contribution in [-0.4, -0.2) is 30.0 Å². The Hall–Kier alpha value is -3.09. The van der Waals surface area contributed by atoms with Crippen molar-refractivity contribution in [3.63, 3.8) is 0 Å². The summed E-state index contributed by atoms with van der Waals surface area (Å²) in [7, 11) is 0. The van der Waals surface area contributed by atoms with Gasteiger partial charge in [-0.15, -0.1) is 5.10 Å². The minimum absolute atomic E-state index is 0.565. The van der Waals surface area contributed by atoms with E-state index in [2.05, 4.69) is 30.8 Å². The van der Waals surface area contributed by atoms with Crippen LogP contribution in [0.15, 0.2) is 42.5 Å². The van der Waals surface area contributed by atoms with E-state index < -0.39 is 0 Å². The highest BCUT2D eigenvalue weighted by Crippen LogP contribution is 2.19. The van der Waals surface area contributed by atoms with E-state index in [1.54, 1.807) is 4.52 Å². The topological polar surface area (TPSA) is 80.9 Å². The summed E-state index contributed by atoms with van der Waals surface area (Å²) in [6.07, 6.45) is 0. The first kappa shape index (κ1) is 12.6. The molecule has 0 saturated heterocycles. The second-order valence-corrected chi connectivity index (χ2v) is 4.99. The second-order valence-electron chi connectivity index (χ2n) is 4.99. The molecule has 7 heteroatoms. The van der Waals surface area contributed by atoms with Crippen LogP contribution in [-0.2, 0) is 6.54 Å². The Morgan fingerprint density at radius 2 is 1.95 bits per heavy atom. The fourth-order valence-electron chi connectivity index (χ4n) is 2.40. The zero-order valence-corrected chi connectivity index (χ0v) is 11.9. The summed E-state index contributed by atoms with van der Waals surface area (Å²) in [5.74, 6) is 0.645. The molecule has 3 heterocycles. The first-order valence-corrected chi connectivity index (χ1v) is 6.94. The van der Waals surface area contributed by atoms with Gasteiger partial charge in [0.2, 0.25) is 5.65 Å². The van der Waals surface area contributed by atoms with Gasteiger partial charge in [0.05, 0.1) is 23.3 Å². The van der Waals surface area contributed by atoms with Crippen LogP contribution in [0.3, 0.4) is 0 Å². The van der Waals surface area contributed by atoms with Gasteiger partial charge in [-0.05, 0) is 41.6 Å². The molecule has 4 aromatic rings. The van der Waals surface area contributed by atoms with Crippen molar-refractivity contribution in [2.45, 2.75) is 13.5 Å². The number of pyridine rings is 1. The molecule has 3 aromatic heterocycles. The van der Waals surface area contributed by atoms with Crippen molar-refractivity contribution >= 4 is 22.5 Å². The minimum Gasteiger partial charge on any atom is -0.361 e. The molecule has 0 unspecified atom stereocenters. The first-order valence-electron chi connectivity index (χ1n) is 6.94. The third kappa shape index (κ3) is 2.12. The Labute approximate surface area is 126 Å². The lowest BCUT2D eigenvalue weighted by atomic mass is 10.3. The van der Waals surface area contributed by atoms with Gasteiger partial charge in [-0.1, -0.05) is 18.2 Å². The molecule has 0 spiro atoms. The number of fused-ring (bicyclic) bond motifs is 3. The molecule has 1 aromatic carbocycles. The fraction of sp³-hybridized carbons (Fsp3) is 0.133. The fourth-order valence-corrected chi connectivity index (χ4v) is 2.40. The highest BCUT2D eigenvalue weighted by Gasteiger charge is 2.11. The lowest BCUT2D eigenvalue weighted by Gasteiger charge is -2.08. The SMILES string of the molecule is Cc1cccc(CNc2nc3ccccc3n3nnnc23)n1. The number of nitrogens with one attached hydrogen (secondary N) is 1. The maximum absolute atomic E-state index is 4.61. The molecule has 0 aliphatic carbocycles. The van der Waals surface area contributed by atoms with E-state index in [9.17, 15) is 0 Å². The monoisotopic (exact) mass is 291 g/mol. The van der Waals surface area contributed by atoms with E-state index in [0.29, 0.717) is 18.0 Å². The Morgan fingerprint density at radius 1 is 1.05 bits per heavy atom. The van der Waals surface area contributed by atoms with E-state index in [0.717, 1.165) is 22.4 Å². The number of hydrogen-bond acceptors (Lipinski definition) is 6. The minimum atomic E-state index is 0.565. The Kier molecular flexibility index (Phi) is 2.89. The third-order valence-corrected chi connectivity index (χ3v) is 3.41. The Balaban J connectivity index is 1.75. The van der Waals surface area contributed by atoms with Crippen molar-refractivity contribution < 1.29 is 0 Å². The van der Waals surface area contributed by atoms with Crippen molar-refractivity contribution in [3.8, 4) is 0 Å². The largest absolute Gasteiger partial charge is 0.361 e. The van der Waals surface area contributed by atoms with Gasteiger partial charge in [0.15, 0.2) is 5.82 Å². The number of tetrazole rings is 1. The predicted molar refractivity (Wildman–Crippen MR) is 82.4 cm³/mol. The molecule has 0 atom stereocenters. The van der Waals surface area contributed by atoms with Crippen LogP contribution >= 0.6 is 0 Å². The number of para-hydroxylation sites is 2. The van der Waals surface area contributed by atoms with Gasteiger partial charge in [-0.2, -0.15) is 4.52 Å². The lowest BCUT2D eigenvalue weighted by molar-refractivity contribution is 0.840. The number of anilines is 1. The summed E-state index contributed by atoms with van der Waals surface area (Å²) in [6.45, 7) is 2.54. The standard InChI is InChI=1S/C15H13N7/c1-10-5-4-6-11(17-10)9-16-14-15-19-20-21-22(15)13-8-3-2-7-12(13)18-14/h2-8H,9H2,1H3,(H,16,18). The van der Waals surface area contributed by atoms with Crippen LogP contribution in [0.25, 0.3) is 16.7 Å². The van der Waals surface area contributed by atoms with Crippen molar-refractivity contribution in [1.82, 2.24) is 30.0 Å². The van der Waals surface area contributed by atoms with Crippen LogP contribution in [0.1, 0.15) is 11.4 Å². The number of hydrogen-bond donors (Lipinski definition) is 1. The van der Waals surface area contributed by atoms with Crippen molar-refractivity contribution in [2.75, 3.05) is 5.32 Å². The summed E-state index contributed by atoms with van der Waals surface area (Å²) in [4.78, 5) is 9.08. The van der Waals surface area contributed by atoms with Gasteiger partial charge in [0, 0.05) is 5.69 Å². The van der Waals surface area contributed by atoms with Crippen LogP contribution in [0.2, 0.25) is 0 Å². The van der Waals surface area contributed by atoms with Gasteiger partial charge in [0.1, 0.15) is 0 Å². The van der Waals surface area contributed by atoms with E-state index in [4.69, 9.17) is 0 Å². The van der Waals surface area contributed by atoms with Crippen LogP contribution in [0.5, 0.6) is 0 Å². The van der Waals surface area contributed by atoms with Crippen LogP contribution in [0.4, 0.5) is 5.82 Å². The van der Waals surface area contributed by atoms with Crippen LogP contribution < -0.4 is 5.32 Å². The molecule has 0 saturated carbocycles. The van der Waals surface area contributed by atoms with E-state index in [1.165, 1.54) is 0 Å². The molecule has 0 aliphatic heterocycles. The molecule has 0 amide bonds. The molecule has 0 aliphatic rings. The molecule has 0 radical (unpaired) electrons. The summed E-state index contributed by atoms with van der Waals surface area (Å²) < 4.78 is 1.69. The number of aromatic nitrogens is 6. The zero-order valence-electron chi connectivity index (χ0n) is 11.9. The summed E-state index contributed by atoms with van der Waals surface area (Å²) in [5.41, 5.74) is 4.25. The molecular weight excluding hydrogens is 278 g/mol. The lowest BCUT2D eigenvalue weighted by Crippen LogP contribution is -2.06. The van der Waals surface area contributed by atoms with E-state index in [1.807, 2.05) is 49.4 Å². The summed E-state index contributed by atoms with van der Waals surface area (Å²) >= 11 is 0. The molecule has 0 fully saturated rings. The predicted octanol–water partition coefficient (Wildman–Crippen LogP) is 1.99. The highest BCUT2D eigenvalue weighted by atomic mass is 15.5. The van der Waals surface area contributed by atoms with E-state index in [-0.39, 0.29) is 0 Å². The average molecular weight is 291 g/mol. The van der Waals surface area contributed by atoms with Crippen LogP contribution in [0, 0.1) is 6.92 Å². The van der Waals surface area contributed by atoms with Gasteiger partial charge in [-0.3, -0.25) is 4.98 Å². The van der Waals surface area contributed by atoms with Gasteiger partial charge in [-0.25, -0.2) is 4.98 Å². The highest BCUT2D eigenvalue weighted by molar-refractivity contribution is 5.81. The molecule has 22 heavy (non-hydrogen) atoms. The molecule has 1 N–H and O–H groups in total. The molecular formula is C15H13N7. The van der Waals surface area contributed by atoms with Gasteiger partial charge in [0.25, 0.3) is 0 Å². The molecule has 0 bridgehead atoms. The van der Waals surface area contributed by atoms with Crippen molar-refractivity contribution in [3.05, 3.63) is 53.9 Å². The maximum atomic E-state index is 4.61. The zero-order chi connectivity index (χ0) is 14.9. The molecule has 108 valence electrons. The normalized spacial score (nSPS) is 11.1. The van der Waals surface area contributed by atoms with Gasteiger partial charge < -0.3 is 5.32 Å². The Bertz CT molecular complexity index is 960. The number of aryl methyl sites for hydroxylation is 1. The third-order valence-electron chi connectivity index (χ3n) is 3.41. The van der Waals surface area contributed by atoms with Crippen molar-refractivity contribution in [2.24, 2.45) is 0 Å². The molecule has 4 rings (SSSR count). The van der Waals surface area contributed by atoms with E-state index >= 15 is 0 Å². The molecule has 7 nitrogen and oxygen atoms in total. The maximum Gasteiger partial charge on any atom is 0.222 e. The Morgan fingerprint density at radius 3 is 2.86 bits per heavy atom. The smallest absolute Gasteiger partial charge is 0.222 e. The average Bonchev–Trinajstić information content (AvgIpc) is 3.03. The quantitative estimate of drug-likeness (QED) is 0.621. The van der Waals surface area contributed by atoms with Gasteiger partial charge >= 0.3 is 0 Å². The summed E-state index contributed by atoms with van der Waals surface area (Å²) in [6, 6.07) is 13.7. The summed E-state index contributed by atoms with van der Waals surface area (Å²) in [5, 5.41) is 15.1. The number of benzene rings is 1. The second kappa shape index (κ2) is 5.03. The van der Waals surface area contributed by atoms with Crippen molar-refractivity contribution in [1.29, 1.82) is 0 Å².